The van der Waals surface area contributed by atoms with Crippen molar-refractivity contribution in [3.8, 4) is 0 Å². The van der Waals surface area contributed by atoms with Gasteiger partial charge in [0.05, 0.1) is 0 Å². The highest BCUT2D eigenvalue weighted by atomic mass is 35.5. The number of hydrogen-bond acceptors (Lipinski definition) is 3. The maximum Gasteiger partial charge on any atom is 0.326 e. The Labute approximate surface area is 106 Å². The zero-order valence-corrected chi connectivity index (χ0v) is 9.75. The van der Waals surface area contributed by atoms with E-state index in [4.69, 9.17) is 11.6 Å². The van der Waals surface area contributed by atoms with Crippen molar-refractivity contribution in [2.24, 2.45) is 0 Å². The minimum Gasteiger partial charge on any atom is -0.321 e. The van der Waals surface area contributed by atoms with Crippen molar-refractivity contribution in [3.05, 3.63) is 61.9 Å². The van der Waals surface area contributed by atoms with Gasteiger partial charge >= 0.3 is 5.69 Å². The fourth-order valence-corrected chi connectivity index (χ4v) is 1.55. The van der Waals surface area contributed by atoms with Gasteiger partial charge in [0.2, 0.25) is 0 Å². The molecule has 6 nitrogen and oxygen atoms in total. The average molecular weight is 266 g/mol. The quantitative estimate of drug-likeness (QED) is 0.755. The number of carbonyl (C=O) groups excluding carboxylic acids is 1. The first-order chi connectivity index (χ1) is 8.54. The summed E-state index contributed by atoms with van der Waals surface area (Å²) < 4.78 is 0. The van der Waals surface area contributed by atoms with E-state index in [1.165, 1.54) is 0 Å². The number of rotatable bonds is 2. The molecule has 0 saturated carbocycles. The van der Waals surface area contributed by atoms with Gasteiger partial charge in [-0.15, -0.1) is 0 Å². The summed E-state index contributed by atoms with van der Waals surface area (Å²) in [4.78, 5) is 38.0. The van der Waals surface area contributed by atoms with E-state index in [9.17, 15) is 14.4 Å². The molecule has 0 unspecified atom stereocenters. The molecule has 18 heavy (non-hydrogen) atoms. The van der Waals surface area contributed by atoms with Gasteiger partial charge < -0.3 is 10.3 Å². The Morgan fingerprint density at radius 2 is 1.94 bits per heavy atom. The summed E-state index contributed by atoms with van der Waals surface area (Å²) in [5, 5.41) is 2.97. The highest BCUT2D eigenvalue weighted by Gasteiger charge is 2.08. The van der Waals surface area contributed by atoms with Crippen molar-refractivity contribution in [1.82, 2.24) is 9.97 Å². The van der Waals surface area contributed by atoms with Gasteiger partial charge in [0.15, 0.2) is 0 Å². The SMILES string of the molecule is O=C(Nc1cccc(Cl)c1)c1cc(=O)[nH]c(=O)[nH]1. The molecule has 92 valence electrons. The van der Waals surface area contributed by atoms with Crippen molar-refractivity contribution in [3.63, 3.8) is 0 Å². The zero-order valence-electron chi connectivity index (χ0n) is 8.99. The lowest BCUT2D eigenvalue weighted by Gasteiger charge is -2.04. The fraction of sp³-hybridized carbons (Fsp3) is 0. The number of nitrogens with one attached hydrogen (secondary N) is 3. The van der Waals surface area contributed by atoms with E-state index < -0.39 is 17.2 Å². The molecule has 2 rings (SSSR count). The Balaban J connectivity index is 2.27. The van der Waals surface area contributed by atoms with Crippen LogP contribution in [-0.4, -0.2) is 15.9 Å². The number of benzene rings is 1. The zero-order chi connectivity index (χ0) is 13.1. The van der Waals surface area contributed by atoms with Gasteiger partial charge in [0.25, 0.3) is 11.5 Å². The van der Waals surface area contributed by atoms with E-state index in [2.05, 4.69) is 10.3 Å². The average Bonchev–Trinajstić information content (AvgIpc) is 2.27. The number of aromatic nitrogens is 2. The molecule has 0 spiro atoms. The summed E-state index contributed by atoms with van der Waals surface area (Å²) in [7, 11) is 0. The lowest BCUT2D eigenvalue weighted by molar-refractivity contribution is 0.102. The first-order valence-electron chi connectivity index (χ1n) is 4.95. The van der Waals surface area contributed by atoms with Crippen LogP contribution in [0.2, 0.25) is 5.02 Å². The Hall–Kier alpha value is -2.34. The highest BCUT2D eigenvalue weighted by molar-refractivity contribution is 6.30. The number of hydrogen-bond donors (Lipinski definition) is 3. The normalized spacial score (nSPS) is 10.1. The molecule has 7 heteroatoms. The molecule has 0 aliphatic rings. The van der Waals surface area contributed by atoms with Crippen molar-refractivity contribution >= 4 is 23.2 Å². The number of H-pyrrole nitrogens is 2. The second kappa shape index (κ2) is 4.89. The van der Waals surface area contributed by atoms with Crippen molar-refractivity contribution in [2.75, 3.05) is 5.32 Å². The third kappa shape index (κ3) is 2.86. The Bertz CT molecular complexity index is 677. The van der Waals surface area contributed by atoms with Crippen LogP contribution in [0.4, 0.5) is 5.69 Å². The third-order valence-corrected chi connectivity index (χ3v) is 2.32. The molecule has 1 aromatic carbocycles. The highest BCUT2D eigenvalue weighted by Crippen LogP contribution is 2.15. The van der Waals surface area contributed by atoms with E-state index in [-0.39, 0.29) is 5.69 Å². The molecule has 1 amide bonds. The number of aromatic amines is 2. The predicted molar refractivity (Wildman–Crippen MR) is 67.1 cm³/mol. The topological polar surface area (TPSA) is 94.8 Å². The van der Waals surface area contributed by atoms with E-state index in [1.54, 1.807) is 24.3 Å². The van der Waals surface area contributed by atoms with Crippen molar-refractivity contribution < 1.29 is 4.79 Å². The maximum absolute atomic E-state index is 11.8. The molecule has 0 saturated heterocycles. The minimum absolute atomic E-state index is 0.122. The van der Waals surface area contributed by atoms with Crippen LogP contribution in [0, 0.1) is 0 Å². The van der Waals surface area contributed by atoms with Gasteiger partial charge in [0.1, 0.15) is 5.69 Å². The van der Waals surface area contributed by atoms with Crippen LogP contribution in [0.15, 0.2) is 39.9 Å². The van der Waals surface area contributed by atoms with Gasteiger partial charge in [-0.1, -0.05) is 17.7 Å². The van der Waals surface area contributed by atoms with Gasteiger partial charge in [-0.25, -0.2) is 4.79 Å². The largest absolute Gasteiger partial charge is 0.326 e. The molecule has 0 radical (unpaired) electrons. The maximum atomic E-state index is 11.8. The molecule has 2 aromatic rings. The molecule has 0 aliphatic carbocycles. The molecular formula is C11H8ClN3O3. The lowest BCUT2D eigenvalue weighted by atomic mass is 10.3. The first kappa shape index (κ1) is 12.1. The van der Waals surface area contributed by atoms with Crippen LogP contribution >= 0.6 is 11.6 Å². The molecule has 0 aliphatic heterocycles. The smallest absolute Gasteiger partial charge is 0.321 e. The first-order valence-corrected chi connectivity index (χ1v) is 5.33. The van der Waals surface area contributed by atoms with Gasteiger partial charge in [-0.3, -0.25) is 14.6 Å². The molecule has 0 fully saturated rings. The Morgan fingerprint density at radius 1 is 1.17 bits per heavy atom. The molecule has 0 atom stereocenters. The predicted octanol–water partition coefficient (Wildman–Crippen LogP) is 0.969. The lowest BCUT2D eigenvalue weighted by Crippen LogP contribution is -2.27. The standard InChI is InChI=1S/C11H8ClN3O3/c12-6-2-1-3-7(4-6)13-10(17)8-5-9(16)15-11(18)14-8/h1-5H,(H,13,17)(H2,14,15,16,18). The summed E-state index contributed by atoms with van der Waals surface area (Å²) in [6, 6.07) is 7.51. The van der Waals surface area contributed by atoms with Gasteiger partial charge in [-0.05, 0) is 18.2 Å². The third-order valence-electron chi connectivity index (χ3n) is 2.09. The van der Waals surface area contributed by atoms with Crippen LogP contribution in [0.5, 0.6) is 0 Å². The summed E-state index contributed by atoms with van der Waals surface area (Å²) >= 11 is 5.76. The van der Waals surface area contributed by atoms with Crippen LogP contribution < -0.4 is 16.6 Å². The molecular weight excluding hydrogens is 258 g/mol. The fourth-order valence-electron chi connectivity index (χ4n) is 1.36. The van der Waals surface area contributed by atoms with E-state index in [0.29, 0.717) is 10.7 Å². The van der Waals surface area contributed by atoms with Gasteiger partial charge in [-0.2, -0.15) is 0 Å². The molecule has 1 heterocycles. The second-order valence-electron chi connectivity index (χ2n) is 3.47. The monoisotopic (exact) mass is 265 g/mol. The minimum atomic E-state index is -0.737. The summed E-state index contributed by atoms with van der Waals surface area (Å²) in [5.74, 6) is -0.597. The summed E-state index contributed by atoms with van der Waals surface area (Å²) in [6.45, 7) is 0. The number of anilines is 1. The number of halogens is 1. The van der Waals surface area contributed by atoms with Crippen LogP contribution in [-0.2, 0) is 0 Å². The van der Waals surface area contributed by atoms with Crippen molar-refractivity contribution in [1.29, 1.82) is 0 Å². The van der Waals surface area contributed by atoms with Crippen LogP contribution in [0.1, 0.15) is 10.5 Å². The number of amides is 1. The van der Waals surface area contributed by atoms with Crippen LogP contribution in [0.25, 0.3) is 0 Å². The summed E-state index contributed by atoms with van der Waals surface area (Å²) in [5.41, 5.74) is -1.04. The molecule has 0 bridgehead atoms. The van der Waals surface area contributed by atoms with Crippen molar-refractivity contribution in [2.45, 2.75) is 0 Å². The van der Waals surface area contributed by atoms with E-state index >= 15 is 0 Å². The number of carbonyl (C=O) groups is 1. The Kier molecular flexibility index (Phi) is 3.29. The van der Waals surface area contributed by atoms with Crippen LogP contribution in [0.3, 0.4) is 0 Å². The molecule has 1 aromatic heterocycles. The van der Waals surface area contributed by atoms with E-state index in [0.717, 1.165) is 6.07 Å². The second-order valence-corrected chi connectivity index (χ2v) is 3.90. The van der Waals surface area contributed by atoms with E-state index in [1.807, 2.05) is 4.98 Å². The summed E-state index contributed by atoms with van der Waals surface area (Å²) in [6.07, 6.45) is 0. The van der Waals surface area contributed by atoms with Gasteiger partial charge in [0, 0.05) is 16.8 Å². The molecule has 3 N–H and O–H groups in total. The Morgan fingerprint density at radius 3 is 2.61 bits per heavy atom.